The number of ether oxygens (including phenoxy) is 1. The summed E-state index contributed by atoms with van der Waals surface area (Å²) >= 11 is 0. The summed E-state index contributed by atoms with van der Waals surface area (Å²) in [4.78, 5) is 25.1. The quantitative estimate of drug-likeness (QED) is 0.843. The lowest BCUT2D eigenvalue weighted by molar-refractivity contribution is -0.132. The number of nitrogens with zero attached hydrogens (tertiary/aromatic N) is 4. The van der Waals surface area contributed by atoms with Gasteiger partial charge in [-0.2, -0.15) is 4.98 Å². The molecule has 7 nitrogen and oxygen atoms in total. The van der Waals surface area contributed by atoms with E-state index in [1.807, 2.05) is 18.7 Å². The zero-order valence-electron chi connectivity index (χ0n) is 14.1. The molecule has 128 valence electrons. The molecule has 1 aromatic heterocycles. The minimum absolute atomic E-state index is 0.0534. The van der Waals surface area contributed by atoms with Gasteiger partial charge in [0.15, 0.2) is 0 Å². The maximum absolute atomic E-state index is 12.4. The first kappa shape index (κ1) is 17.5. The summed E-state index contributed by atoms with van der Waals surface area (Å²) in [5.74, 6) is 1.29. The molecule has 0 aromatic carbocycles. The summed E-state index contributed by atoms with van der Waals surface area (Å²) in [6.45, 7) is 7.46. The molecular weight excluding hydrogens is 294 g/mol. The van der Waals surface area contributed by atoms with Crippen LogP contribution in [0.5, 0.6) is 5.88 Å². The highest BCUT2D eigenvalue weighted by atomic mass is 16.5. The van der Waals surface area contributed by atoms with Crippen molar-refractivity contribution in [3.05, 3.63) is 12.3 Å². The number of amides is 1. The number of aromatic nitrogens is 2. The fraction of sp³-hybridized carbons (Fsp3) is 0.688. The molecule has 7 heteroatoms. The molecule has 2 heterocycles. The van der Waals surface area contributed by atoms with Gasteiger partial charge in [0.2, 0.25) is 17.7 Å². The Labute approximate surface area is 137 Å². The summed E-state index contributed by atoms with van der Waals surface area (Å²) in [5, 5.41) is 0. The molecule has 0 spiro atoms. The van der Waals surface area contributed by atoms with Gasteiger partial charge in [-0.3, -0.25) is 4.79 Å². The smallest absolute Gasteiger partial charge is 0.239 e. The topological polar surface area (TPSA) is 84.6 Å². The molecule has 1 unspecified atom stereocenters. The summed E-state index contributed by atoms with van der Waals surface area (Å²) in [7, 11) is 0. The minimum atomic E-state index is -0.385. The fourth-order valence-electron chi connectivity index (χ4n) is 2.72. The fourth-order valence-corrected chi connectivity index (χ4v) is 2.72. The van der Waals surface area contributed by atoms with E-state index in [4.69, 9.17) is 10.5 Å². The molecule has 1 aliphatic rings. The molecule has 1 fully saturated rings. The van der Waals surface area contributed by atoms with Gasteiger partial charge in [-0.1, -0.05) is 13.3 Å². The summed E-state index contributed by atoms with van der Waals surface area (Å²) in [6.07, 6.45) is 4.24. The molecule has 1 aliphatic heterocycles. The van der Waals surface area contributed by atoms with Crippen molar-refractivity contribution in [2.45, 2.75) is 39.2 Å². The van der Waals surface area contributed by atoms with Crippen LogP contribution in [0.3, 0.4) is 0 Å². The van der Waals surface area contributed by atoms with Crippen LogP contribution >= 0.6 is 0 Å². The normalized spacial score (nSPS) is 16.8. The van der Waals surface area contributed by atoms with Crippen LogP contribution in [0.25, 0.3) is 0 Å². The Hall–Kier alpha value is -1.89. The van der Waals surface area contributed by atoms with E-state index >= 15 is 0 Å². The van der Waals surface area contributed by atoms with Crippen LogP contribution in [0.4, 0.5) is 5.95 Å². The van der Waals surface area contributed by atoms with E-state index < -0.39 is 0 Å². The maximum atomic E-state index is 12.4. The average Bonchev–Trinajstić information content (AvgIpc) is 2.81. The van der Waals surface area contributed by atoms with Crippen LogP contribution < -0.4 is 15.4 Å². The number of nitrogens with two attached hydrogens (primary N) is 1. The average molecular weight is 321 g/mol. The lowest BCUT2D eigenvalue weighted by Gasteiger charge is -2.24. The van der Waals surface area contributed by atoms with E-state index in [2.05, 4.69) is 14.9 Å². The third-order valence-corrected chi connectivity index (χ3v) is 3.92. The molecule has 1 atom stereocenters. The van der Waals surface area contributed by atoms with Gasteiger partial charge in [-0.15, -0.1) is 0 Å². The van der Waals surface area contributed by atoms with Crippen LogP contribution in [0.15, 0.2) is 12.3 Å². The molecule has 1 aromatic rings. The van der Waals surface area contributed by atoms with E-state index in [9.17, 15) is 4.79 Å². The van der Waals surface area contributed by atoms with Gasteiger partial charge in [0.05, 0.1) is 12.6 Å². The molecule has 0 bridgehead atoms. The molecule has 1 amide bonds. The van der Waals surface area contributed by atoms with Crippen molar-refractivity contribution >= 4 is 11.9 Å². The van der Waals surface area contributed by atoms with Gasteiger partial charge in [0, 0.05) is 38.4 Å². The van der Waals surface area contributed by atoms with E-state index in [-0.39, 0.29) is 11.9 Å². The molecular formula is C16H27N5O2. The molecule has 0 radical (unpaired) electrons. The second-order valence-electron chi connectivity index (χ2n) is 5.69. The zero-order chi connectivity index (χ0) is 16.7. The first-order valence-corrected chi connectivity index (χ1v) is 8.40. The molecule has 0 saturated carbocycles. The molecule has 2 N–H and O–H groups in total. The van der Waals surface area contributed by atoms with E-state index in [0.29, 0.717) is 31.5 Å². The summed E-state index contributed by atoms with van der Waals surface area (Å²) in [5.41, 5.74) is 5.96. The first-order valence-electron chi connectivity index (χ1n) is 8.40. The Kier molecular flexibility index (Phi) is 6.58. The van der Waals surface area contributed by atoms with E-state index in [0.717, 1.165) is 32.4 Å². The van der Waals surface area contributed by atoms with E-state index in [1.54, 1.807) is 12.3 Å². The van der Waals surface area contributed by atoms with Gasteiger partial charge in [-0.25, -0.2) is 4.98 Å². The molecule has 23 heavy (non-hydrogen) atoms. The highest BCUT2D eigenvalue weighted by Gasteiger charge is 2.24. The Morgan fingerprint density at radius 1 is 1.35 bits per heavy atom. The number of anilines is 1. The largest absolute Gasteiger partial charge is 0.478 e. The first-order chi connectivity index (χ1) is 11.2. The Morgan fingerprint density at radius 3 is 2.91 bits per heavy atom. The van der Waals surface area contributed by atoms with Crippen LogP contribution in [0.2, 0.25) is 0 Å². The maximum Gasteiger partial charge on any atom is 0.239 e. The van der Waals surface area contributed by atoms with Crippen LogP contribution in [-0.2, 0) is 4.79 Å². The van der Waals surface area contributed by atoms with Crippen molar-refractivity contribution in [3.8, 4) is 5.88 Å². The van der Waals surface area contributed by atoms with Gasteiger partial charge in [-0.05, 0) is 19.8 Å². The highest BCUT2D eigenvalue weighted by molar-refractivity contribution is 5.81. The lowest BCUT2D eigenvalue weighted by atomic mass is 10.1. The molecule has 0 aliphatic carbocycles. The van der Waals surface area contributed by atoms with Gasteiger partial charge in [0.25, 0.3) is 0 Å². The summed E-state index contributed by atoms with van der Waals surface area (Å²) < 4.78 is 5.43. The number of rotatable bonds is 6. The third kappa shape index (κ3) is 4.79. The van der Waals surface area contributed by atoms with E-state index in [1.165, 1.54) is 0 Å². The van der Waals surface area contributed by atoms with Gasteiger partial charge in [0.1, 0.15) is 0 Å². The number of hydrogen-bond donors (Lipinski definition) is 1. The minimum Gasteiger partial charge on any atom is -0.478 e. The van der Waals surface area contributed by atoms with Crippen molar-refractivity contribution in [3.63, 3.8) is 0 Å². The monoisotopic (exact) mass is 321 g/mol. The Bertz CT molecular complexity index is 511. The van der Waals surface area contributed by atoms with Crippen molar-refractivity contribution in [1.82, 2.24) is 14.9 Å². The standard InChI is InChI=1S/C16H27N5O2/c1-3-6-13(17)15(22)20-9-5-10-21(12-11-20)16-18-8-7-14(19-16)23-4-2/h7-8,13H,3-6,9-12,17H2,1-2H3. The predicted octanol–water partition coefficient (Wildman–Crippen LogP) is 1.04. The lowest BCUT2D eigenvalue weighted by Crippen LogP contribution is -2.45. The van der Waals surface area contributed by atoms with Gasteiger partial charge < -0.3 is 20.3 Å². The van der Waals surface area contributed by atoms with Gasteiger partial charge >= 0.3 is 0 Å². The van der Waals surface area contributed by atoms with Crippen molar-refractivity contribution in [2.75, 3.05) is 37.7 Å². The number of carbonyl (C=O) groups excluding carboxylic acids is 1. The van der Waals surface area contributed by atoms with Crippen molar-refractivity contribution < 1.29 is 9.53 Å². The second-order valence-corrected chi connectivity index (χ2v) is 5.69. The number of hydrogen-bond acceptors (Lipinski definition) is 6. The van der Waals surface area contributed by atoms with Crippen LogP contribution in [0, 0.1) is 0 Å². The van der Waals surface area contributed by atoms with Crippen molar-refractivity contribution in [1.29, 1.82) is 0 Å². The third-order valence-electron chi connectivity index (χ3n) is 3.92. The molecule has 1 saturated heterocycles. The van der Waals surface area contributed by atoms with Crippen LogP contribution in [0.1, 0.15) is 33.1 Å². The molecule has 2 rings (SSSR count). The number of carbonyl (C=O) groups is 1. The van der Waals surface area contributed by atoms with Crippen molar-refractivity contribution in [2.24, 2.45) is 5.73 Å². The summed E-state index contributed by atoms with van der Waals surface area (Å²) in [6, 6.07) is 1.37. The predicted molar refractivity (Wildman–Crippen MR) is 89.5 cm³/mol. The highest BCUT2D eigenvalue weighted by Crippen LogP contribution is 2.15. The second kappa shape index (κ2) is 8.67. The zero-order valence-corrected chi connectivity index (χ0v) is 14.1. The Morgan fingerprint density at radius 2 is 2.17 bits per heavy atom. The Balaban J connectivity index is 1.98. The van der Waals surface area contributed by atoms with Crippen LogP contribution in [-0.4, -0.2) is 59.6 Å². The SMILES string of the molecule is CCCC(N)C(=O)N1CCCN(c2nccc(OCC)n2)CC1.